The average Bonchev–Trinajstić information content (AvgIpc) is 2.98. The van der Waals surface area contributed by atoms with Crippen LogP contribution in [0.3, 0.4) is 0 Å². The van der Waals surface area contributed by atoms with Crippen molar-refractivity contribution in [1.82, 2.24) is 0 Å². The molecule has 0 N–H and O–H groups in total. The zero-order chi connectivity index (χ0) is 18.3. The molecule has 1 heterocycles. The first-order valence-corrected chi connectivity index (χ1v) is 10.1. The number of methoxy groups -OCH3 is 1. The molecule has 1 saturated heterocycles. The number of esters is 1. The largest absolute Gasteiger partial charge is 0.469 e. The number of carbonyl (C=O) groups is 1. The summed E-state index contributed by atoms with van der Waals surface area (Å²) < 4.78 is 16.8. The quantitative estimate of drug-likeness (QED) is 0.696. The van der Waals surface area contributed by atoms with Crippen LogP contribution in [0.15, 0.2) is 0 Å². The second-order valence-electron chi connectivity index (χ2n) is 9.58. The normalized spacial score (nSPS) is 39.6. The molecule has 1 aliphatic heterocycles. The van der Waals surface area contributed by atoms with Gasteiger partial charge in [-0.15, -0.1) is 0 Å². The van der Waals surface area contributed by atoms with E-state index < -0.39 is 5.79 Å². The highest BCUT2D eigenvalue weighted by Gasteiger charge is 2.56. The Morgan fingerprint density at radius 3 is 2.40 bits per heavy atom. The fraction of sp³-hybridized carbons (Fsp3) is 0.952. The lowest BCUT2D eigenvalue weighted by Crippen LogP contribution is -2.53. The van der Waals surface area contributed by atoms with Gasteiger partial charge in [-0.05, 0) is 61.7 Å². The highest BCUT2D eigenvalue weighted by atomic mass is 16.7. The molecule has 2 saturated carbocycles. The van der Waals surface area contributed by atoms with Gasteiger partial charge in [-0.2, -0.15) is 0 Å². The van der Waals surface area contributed by atoms with Gasteiger partial charge in [0.1, 0.15) is 0 Å². The van der Waals surface area contributed by atoms with E-state index in [1.54, 1.807) is 0 Å². The lowest BCUT2D eigenvalue weighted by atomic mass is 9.46. The van der Waals surface area contributed by atoms with E-state index in [4.69, 9.17) is 14.2 Å². The summed E-state index contributed by atoms with van der Waals surface area (Å²) in [7, 11) is 1.53. The summed E-state index contributed by atoms with van der Waals surface area (Å²) in [5.74, 6) is 0.547. The van der Waals surface area contributed by atoms with Gasteiger partial charge in [0.05, 0.1) is 26.2 Å². The summed E-state index contributed by atoms with van der Waals surface area (Å²) in [5.41, 5.74) is 0.560. The van der Waals surface area contributed by atoms with Crippen LogP contribution in [0, 0.1) is 28.6 Å². The Labute approximate surface area is 153 Å². The van der Waals surface area contributed by atoms with Crippen molar-refractivity contribution in [2.24, 2.45) is 28.6 Å². The predicted octanol–water partition coefficient (Wildman–Crippen LogP) is 4.56. The third-order valence-corrected chi connectivity index (χ3v) is 7.69. The number of carbonyl (C=O) groups excluding carboxylic acids is 1. The molecule has 3 rings (SSSR count). The molecule has 25 heavy (non-hydrogen) atoms. The predicted molar refractivity (Wildman–Crippen MR) is 97.0 cm³/mol. The van der Waals surface area contributed by atoms with Crippen LogP contribution in [0.5, 0.6) is 0 Å². The minimum absolute atomic E-state index is 0.0187. The van der Waals surface area contributed by atoms with E-state index in [2.05, 4.69) is 20.8 Å². The molecular formula is C21H36O4. The van der Waals surface area contributed by atoms with Crippen molar-refractivity contribution in [3.05, 3.63) is 0 Å². The fourth-order valence-electron chi connectivity index (χ4n) is 6.42. The number of ether oxygens (including phenoxy) is 3. The average molecular weight is 353 g/mol. The first-order chi connectivity index (χ1) is 11.7. The Bertz CT molecular complexity index is 494. The Morgan fingerprint density at radius 1 is 1.08 bits per heavy atom. The van der Waals surface area contributed by atoms with Crippen LogP contribution in [0.25, 0.3) is 0 Å². The molecule has 0 aromatic heterocycles. The number of hydrogen-bond acceptors (Lipinski definition) is 4. The smallest absolute Gasteiger partial charge is 0.308 e. The minimum atomic E-state index is -0.478. The summed E-state index contributed by atoms with van der Waals surface area (Å²) in [5, 5.41) is 0. The highest BCUT2D eigenvalue weighted by molar-refractivity contribution is 5.73. The van der Waals surface area contributed by atoms with Crippen molar-refractivity contribution in [3.8, 4) is 0 Å². The van der Waals surface area contributed by atoms with E-state index >= 15 is 0 Å². The summed E-state index contributed by atoms with van der Waals surface area (Å²) in [6.07, 6.45) is 7.70. The van der Waals surface area contributed by atoms with Gasteiger partial charge in [0, 0.05) is 6.42 Å². The third kappa shape index (κ3) is 3.49. The van der Waals surface area contributed by atoms with Crippen LogP contribution < -0.4 is 0 Å². The summed E-state index contributed by atoms with van der Waals surface area (Å²) >= 11 is 0. The van der Waals surface area contributed by atoms with Gasteiger partial charge in [-0.25, -0.2) is 0 Å². The first kappa shape index (κ1) is 19.2. The Morgan fingerprint density at radius 2 is 1.76 bits per heavy atom. The molecule has 0 spiro atoms. The molecule has 4 heteroatoms. The molecule has 0 unspecified atom stereocenters. The van der Waals surface area contributed by atoms with Crippen LogP contribution >= 0.6 is 0 Å². The number of rotatable bonds is 4. The van der Waals surface area contributed by atoms with Crippen molar-refractivity contribution in [2.75, 3.05) is 20.3 Å². The van der Waals surface area contributed by atoms with Gasteiger partial charge < -0.3 is 14.2 Å². The minimum Gasteiger partial charge on any atom is -0.469 e. The Balaban J connectivity index is 1.84. The molecule has 4 atom stereocenters. The second-order valence-corrected chi connectivity index (χ2v) is 9.58. The molecule has 4 nitrogen and oxygen atoms in total. The monoisotopic (exact) mass is 352 g/mol. The molecule has 144 valence electrons. The Kier molecular flexibility index (Phi) is 5.25. The van der Waals surface area contributed by atoms with Crippen LogP contribution in [-0.2, 0) is 19.0 Å². The molecular weight excluding hydrogens is 316 g/mol. The fourth-order valence-corrected chi connectivity index (χ4v) is 6.42. The second kappa shape index (κ2) is 6.84. The van der Waals surface area contributed by atoms with E-state index in [0.29, 0.717) is 30.5 Å². The summed E-state index contributed by atoms with van der Waals surface area (Å²) in [4.78, 5) is 12.5. The van der Waals surface area contributed by atoms with E-state index in [1.165, 1.54) is 26.4 Å². The molecule has 3 aliphatic rings. The zero-order valence-electron chi connectivity index (χ0n) is 16.7. The van der Waals surface area contributed by atoms with Crippen LogP contribution in [0.4, 0.5) is 0 Å². The molecule has 0 radical (unpaired) electrons. The van der Waals surface area contributed by atoms with Crippen molar-refractivity contribution in [3.63, 3.8) is 0 Å². The van der Waals surface area contributed by atoms with Crippen molar-refractivity contribution < 1.29 is 19.0 Å². The van der Waals surface area contributed by atoms with E-state index in [0.717, 1.165) is 25.7 Å². The first-order valence-electron chi connectivity index (χ1n) is 10.1. The number of hydrogen-bond donors (Lipinski definition) is 0. The maximum Gasteiger partial charge on any atom is 0.308 e. The van der Waals surface area contributed by atoms with Gasteiger partial charge in [0.15, 0.2) is 5.79 Å². The van der Waals surface area contributed by atoms with Crippen LogP contribution in [0.2, 0.25) is 0 Å². The van der Waals surface area contributed by atoms with Gasteiger partial charge >= 0.3 is 5.97 Å². The van der Waals surface area contributed by atoms with Crippen LogP contribution in [-0.4, -0.2) is 32.1 Å². The third-order valence-electron chi connectivity index (χ3n) is 7.69. The SMILES string of the molecule is COC(=O)[C@@H]1CC[C@H]2C(C)(C)CCC[C@]2(C)[C@H]1CCC1(C)OCCO1. The molecule has 3 fully saturated rings. The maximum absolute atomic E-state index is 12.5. The molecule has 0 aromatic rings. The van der Waals surface area contributed by atoms with Crippen molar-refractivity contribution >= 4 is 5.97 Å². The van der Waals surface area contributed by atoms with E-state index in [9.17, 15) is 4.79 Å². The lowest BCUT2D eigenvalue weighted by molar-refractivity contribution is -0.173. The standard InChI is InChI=1S/C21H36O4/c1-19(2)10-6-11-20(3)16(9-12-21(4)24-13-14-25-21)15(18(22)23-5)7-8-17(19)20/h15-17H,6-14H2,1-5H3/t15-,16+,17+,20-/m1/s1. The van der Waals surface area contributed by atoms with Crippen molar-refractivity contribution in [2.45, 2.75) is 78.4 Å². The Hall–Kier alpha value is -0.610. The van der Waals surface area contributed by atoms with E-state index in [-0.39, 0.29) is 17.3 Å². The molecule has 2 aliphatic carbocycles. The number of fused-ring (bicyclic) bond motifs is 1. The van der Waals surface area contributed by atoms with Gasteiger partial charge in [-0.3, -0.25) is 4.79 Å². The molecule has 0 amide bonds. The summed E-state index contributed by atoms with van der Waals surface area (Å²) in [6.45, 7) is 10.7. The zero-order valence-corrected chi connectivity index (χ0v) is 16.7. The summed E-state index contributed by atoms with van der Waals surface area (Å²) in [6, 6.07) is 0. The lowest BCUT2D eigenvalue weighted by Gasteiger charge is -2.59. The van der Waals surface area contributed by atoms with Crippen LogP contribution in [0.1, 0.15) is 72.6 Å². The van der Waals surface area contributed by atoms with Gasteiger partial charge in [0.2, 0.25) is 0 Å². The van der Waals surface area contributed by atoms with Crippen molar-refractivity contribution in [1.29, 1.82) is 0 Å². The van der Waals surface area contributed by atoms with Gasteiger partial charge in [0.25, 0.3) is 0 Å². The van der Waals surface area contributed by atoms with E-state index in [1.807, 2.05) is 6.92 Å². The molecule has 0 bridgehead atoms. The topological polar surface area (TPSA) is 44.8 Å². The van der Waals surface area contributed by atoms with Gasteiger partial charge in [-0.1, -0.05) is 27.2 Å². The maximum atomic E-state index is 12.5. The highest BCUT2D eigenvalue weighted by Crippen LogP contribution is 2.62. The molecule has 0 aromatic carbocycles.